The van der Waals surface area contributed by atoms with E-state index in [9.17, 15) is 9.36 Å². The molecule has 0 spiro atoms. The molecule has 1 unspecified atom stereocenters. The summed E-state index contributed by atoms with van der Waals surface area (Å²) in [6, 6.07) is 0. The topological polar surface area (TPSA) is 61.8 Å². The van der Waals surface area contributed by atoms with Crippen LogP contribution < -0.4 is 0 Å². The fourth-order valence-electron chi connectivity index (χ4n) is 1.21. The van der Waals surface area contributed by atoms with Crippen LogP contribution in [0.3, 0.4) is 0 Å². The molecular formula is C9H19O5P. The summed E-state index contributed by atoms with van der Waals surface area (Å²) >= 11 is 0. The SMILES string of the molecule is CCOC(=O)C(C)(CC)P(=O)(OC)OC. The van der Waals surface area contributed by atoms with Crippen molar-refractivity contribution in [2.75, 3.05) is 20.8 Å². The largest absolute Gasteiger partial charge is 0.465 e. The number of hydrogen-bond donors (Lipinski definition) is 0. The third kappa shape index (κ3) is 2.60. The molecule has 0 radical (unpaired) electrons. The van der Waals surface area contributed by atoms with Crippen LogP contribution in [0.5, 0.6) is 0 Å². The normalized spacial score (nSPS) is 15.8. The van der Waals surface area contributed by atoms with Gasteiger partial charge in [-0.2, -0.15) is 0 Å². The summed E-state index contributed by atoms with van der Waals surface area (Å²) < 4.78 is 26.7. The van der Waals surface area contributed by atoms with Gasteiger partial charge in [0.1, 0.15) is 0 Å². The number of rotatable bonds is 6. The van der Waals surface area contributed by atoms with Gasteiger partial charge >= 0.3 is 13.6 Å². The number of hydrogen-bond acceptors (Lipinski definition) is 5. The van der Waals surface area contributed by atoms with Crippen molar-refractivity contribution in [1.82, 2.24) is 0 Å². The van der Waals surface area contributed by atoms with E-state index in [4.69, 9.17) is 13.8 Å². The van der Waals surface area contributed by atoms with E-state index < -0.39 is 18.7 Å². The van der Waals surface area contributed by atoms with Crippen LogP contribution in [0.25, 0.3) is 0 Å². The van der Waals surface area contributed by atoms with E-state index in [2.05, 4.69) is 0 Å². The van der Waals surface area contributed by atoms with Crippen LogP contribution in [0.2, 0.25) is 0 Å². The maximum Gasteiger partial charge on any atom is 0.347 e. The van der Waals surface area contributed by atoms with Crippen molar-refractivity contribution in [3.63, 3.8) is 0 Å². The van der Waals surface area contributed by atoms with Crippen LogP contribution >= 0.6 is 7.60 Å². The molecule has 0 aliphatic carbocycles. The summed E-state index contributed by atoms with van der Waals surface area (Å²) in [6.45, 7) is 5.20. The number of carbonyl (C=O) groups excluding carboxylic acids is 1. The van der Waals surface area contributed by atoms with Gasteiger partial charge in [-0.25, -0.2) is 0 Å². The molecule has 0 saturated heterocycles. The van der Waals surface area contributed by atoms with Gasteiger partial charge < -0.3 is 13.8 Å². The molecule has 0 amide bonds. The molecule has 0 aliphatic rings. The second-order valence-corrected chi connectivity index (χ2v) is 5.92. The van der Waals surface area contributed by atoms with Gasteiger partial charge in [0.25, 0.3) is 0 Å². The van der Waals surface area contributed by atoms with E-state index in [1.54, 1.807) is 13.8 Å². The zero-order valence-corrected chi connectivity index (χ0v) is 10.8. The third-order valence-electron chi connectivity index (χ3n) is 2.49. The highest BCUT2D eigenvalue weighted by Gasteiger charge is 2.52. The highest BCUT2D eigenvalue weighted by atomic mass is 31.2. The summed E-state index contributed by atoms with van der Waals surface area (Å²) in [7, 11) is -0.941. The third-order valence-corrected chi connectivity index (χ3v) is 5.16. The van der Waals surface area contributed by atoms with E-state index in [1.807, 2.05) is 0 Å². The first-order chi connectivity index (χ1) is 6.91. The fourth-order valence-corrected chi connectivity index (χ4v) is 2.84. The summed E-state index contributed by atoms with van der Waals surface area (Å²) in [5.74, 6) is -0.556. The minimum absolute atomic E-state index is 0.238. The first kappa shape index (κ1) is 14.6. The van der Waals surface area contributed by atoms with E-state index in [1.165, 1.54) is 21.1 Å². The molecule has 0 saturated carbocycles. The van der Waals surface area contributed by atoms with Gasteiger partial charge in [0.2, 0.25) is 0 Å². The van der Waals surface area contributed by atoms with E-state index >= 15 is 0 Å². The first-order valence-corrected chi connectivity index (χ1v) is 6.35. The zero-order chi connectivity index (χ0) is 12.1. The quantitative estimate of drug-likeness (QED) is 0.524. The Kier molecular flexibility index (Phi) is 5.49. The Morgan fingerprint density at radius 2 is 1.73 bits per heavy atom. The Morgan fingerprint density at radius 3 is 2.00 bits per heavy atom. The van der Waals surface area contributed by atoms with Crippen LogP contribution in [-0.2, 0) is 23.1 Å². The predicted octanol–water partition coefficient (Wildman–Crippen LogP) is 2.20. The lowest BCUT2D eigenvalue weighted by molar-refractivity contribution is -0.146. The van der Waals surface area contributed by atoms with Gasteiger partial charge in [-0.05, 0) is 20.3 Å². The highest BCUT2D eigenvalue weighted by molar-refractivity contribution is 7.56. The standard InChI is InChI=1S/C9H19O5P/c1-6-9(3,8(10)14-7-2)15(11,12-4)13-5/h6-7H2,1-5H3. The lowest BCUT2D eigenvalue weighted by Gasteiger charge is -2.31. The van der Waals surface area contributed by atoms with Crippen molar-refractivity contribution >= 4 is 13.6 Å². The Hall–Kier alpha value is -0.380. The molecule has 0 bridgehead atoms. The monoisotopic (exact) mass is 238 g/mol. The van der Waals surface area contributed by atoms with Crippen molar-refractivity contribution in [2.45, 2.75) is 32.3 Å². The molecule has 1 atom stereocenters. The van der Waals surface area contributed by atoms with Crippen molar-refractivity contribution in [3.8, 4) is 0 Å². The lowest BCUT2D eigenvalue weighted by Crippen LogP contribution is -2.37. The fraction of sp³-hybridized carbons (Fsp3) is 0.889. The van der Waals surface area contributed by atoms with Crippen molar-refractivity contribution in [1.29, 1.82) is 0 Å². The van der Waals surface area contributed by atoms with Gasteiger partial charge in [0.15, 0.2) is 5.16 Å². The van der Waals surface area contributed by atoms with Crippen LogP contribution in [0, 0.1) is 0 Å². The number of ether oxygens (including phenoxy) is 1. The molecule has 0 aromatic carbocycles. The van der Waals surface area contributed by atoms with Gasteiger partial charge in [0.05, 0.1) is 6.61 Å². The van der Waals surface area contributed by atoms with Gasteiger partial charge in [-0.1, -0.05) is 6.92 Å². The van der Waals surface area contributed by atoms with Crippen LogP contribution in [0.4, 0.5) is 0 Å². The number of carbonyl (C=O) groups is 1. The van der Waals surface area contributed by atoms with Crippen molar-refractivity contribution in [3.05, 3.63) is 0 Å². The van der Waals surface area contributed by atoms with Gasteiger partial charge in [0, 0.05) is 14.2 Å². The van der Waals surface area contributed by atoms with Crippen molar-refractivity contribution in [2.24, 2.45) is 0 Å². The molecule has 5 nitrogen and oxygen atoms in total. The summed E-state index contributed by atoms with van der Waals surface area (Å²) in [5, 5.41) is -1.24. The Labute approximate surface area is 90.6 Å². The Morgan fingerprint density at radius 1 is 1.27 bits per heavy atom. The Balaban J connectivity index is 5.15. The molecule has 6 heteroatoms. The molecule has 0 aromatic rings. The molecule has 0 aliphatic heterocycles. The average molecular weight is 238 g/mol. The number of esters is 1. The highest BCUT2D eigenvalue weighted by Crippen LogP contribution is 2.60. The van der Waals surface area contributed by atoms with Crippen LogP contribution in [0.15, 0.2) is 0 Å². The molecule has 0 rings (SSSR count). The van der Waals surface area contributed by atoms with Crippen LogP contribution in [-0.4, -0.2) is 32.0 Å². The van der Waals surface area contributed by atoms with Crippen LogP contribution in [0.1, 0.15) is 27.2 Å². The maximum atomic E-state index is 12.2. The van der Waals surface area contributed by atoms with Gasteiger partial charge in [-0.15, -0.1) is 0 Å². The minimum Gasteiger partial charge on any atom is -0.465 e. The minimum atomic E-state index is -3.46. The predicted molar refractivity (Wildman–Crippen MR) is 57.0 cm³/mol. The van der Waals surface area contributed by atoms with E-state index in [0.717, 1.165) is 0 Å². The van der Waals surface area contributed by atoms with E-state index in [-0.39, 0.29) is 6.61 Å². The Bertz CT molecular complexity index is 257. The molecule has 15 heavy (non-hydrogen) atoms. The summed E-state index contributed by atoms with van der Waals surface area (Å²) in [6.07, 6.45) is 0.324. The second kappa shape index (κ2) is 5.64. The van der Waals surface area contributed by atoms with E-state index in [0.29, 0.717) is 6.42 Å². The molecular weight excluding hydrogens is 219 g/mol. The first-order valence-electron chi connectivity index (χ1n) is 4.80. The second-order valence-electron chi connectivity index (χ2n) is 3.21. The lowest BCUT2D eigenvalue weighted by atomic mass is 10.1. The molecule has 90 valence electrons. The van der Waals surface area contributed by atoms with Crippen molar-refractivity contribution < 1.29 is 23.1 Å². The molecule has 0 fully saturated rings. The smallest absolute Gasteiger partial charge is 0.347 e. The average Bonchev–Trinajstić information content (AvgIpc) is 2.26. The summed E-state index contributed by atoms with van der Waals surface area (Å²) in [4.78, 5) is 11.7. The molecule has 0 heterocycles. The summed E-state index contributed by atoms with van der Waals surface area (Å²) in [5.41, 5.74) is 0. The molecule has 0 aromatic heterocycles. The molecule has 0 N–H and O–H groups in total. The zero-order valence-electron chi connectivity index (χ0n) is 9.90. The van der Waals surface area contributed by atoms with Gasteiger partial charge in [-0.3, -0.25) is 9.36 Å². The maximum absolute atomic E-state index is 12.2.